The number of ether oxygens (including phenoxy) is 2. The van der Waals surface area contributed by atoms with Crippen molar-refractivity contribution in [2.75, 3.05) is 19.1 Å². The smallest absolute Gasteiger partial charge is 0.408 e. The van der Waals surface area contributed by atoms with Gasteiger partial charge in [-0.15, -0.1) is 0 Å². The van der Waals surface area contributed by atoms with E-state index in [-0.39, 0.29) is 12.2 Å². The monoisotopic (exact) mass is 629 g/mol. The van der Waals surface area contributed by atoms with Crippen molar-refractivity contribution in [2.45, 2.75) is 90.6 Å². The highest BCUT2D eigenvalue weighted by molar-refractivity contribution is 7.98. The first-order valence-corrected chi connectivity index (χ1v) is 15.9. The summed E-state index contributed by atoms with van der Waals surface area (Å²) in [4.78, 5) is 55.3. The molecule has 10 nitrogen and oxygen atoms in total. The van der Waals surface area contributed by atoms with Gasteiger partial charge in [0.1, 0.15) is 35.1 Å². The van der Waals surface area contributed by atoms with Gasteiger partial charge in [-0.2, -0.15) is 11.8 Å². The number of esters is 1. The summed E-state index contributed by atoms with van der Waals surface area (Å²) in [6, 6.07) is 10.6. The highest BCUT2D eigenvalue weighted by Crippen LogP contribution is 2.27. The van der Waals surface area contributed by atoms with Crippen LogP contribution in [0.1, 0.15) is 70.7 Å². The van der Waals surface area contributed by atoms with E-state index in [4.69, 9.17) is 9.47 Å². The third kappa shape index (κ3) is 11.7. The predicted molar refractivity (Wildman–Crippen MR) is 172 cm³/mol. The number of rotatable bonds is 12. The van der Waals surface area contributed by atoms with Gasteiger partial charge in [-0.25, -0.2) is 9.59 Å². The van der Waals surface area contributed by atoms with Gasteiger partial charge < -0.3 is 30.1 Å². The summed E-state index contributed by atoms with van der Waals surface area (Å²) in [6.07, 6.45) is 1.59. The van der Waals surface area contributed by atoms with Crippen molar-refractivity contribution in [2.24, 2.45) is 0 Å². The van der Waals surface area contributed by atoms with Gasteiger partial charge in [0, 0.05) is 13.5 Å². The van der Waals surface area contributed by atoms with E-state index in [2.05, 4.69) is 10.6 Å². The van der Waals surface area contributed by atoms with Gasteiger partial charge in [0.25, 0.3) is 0 Å². The Labute approximate surface area is 265 Å². The number of hydrogen-bond acceptors (Lipinski definition) is 8. The van der Waals surface area contributed by atoms with Crippen molar-refractivity contribution in [1.29, 1.82) is 0 Å². The lowest BCUT2D eigenvalue weighted by Gasteiger charge is -2.33. The number of nitrogens with zero attached hydrogens (tertiary/aromatic N) is 1. The quantitative estimate of drug-likeness (QED) is 0.282. The summed E-state index contributed by atoms with van der Waals surface area (Å²) in [5.41, 5.74) is 0.153. The number of hydrogen-bond donors (Lipinski definition) is 3. The first-order valence-electron chi connectivity index (χ1n) is 14.5. The van der Waals surface area contributed by atoms with Crippen LogP contribution in [-0.2, 0) is 30.3 Å². The van der Waals surface area contributed by atoms with E-state index in [0.29, 0.717) is 23.3 Å². The van der Waals surface area contributed by atoms with Crippen molar-refractivity contribution >= 4 is 35.6 Å². The summed E-state index contributed by atoms with van der Waals surface area (Å²) in [5.74, 6) is -1.17. The number of benzene rings is 2. The number of thioether (sulfide) groups is 1. The Morgan fingerprint density at radius 1 is 0.909 bits per heavy atom. The lowest BCUT2D eigenvalue weighted by molar-refractivity contribution is -0.159. The third-order valence-electron chi connectivity index (χ3n) is 6.41. The Morgan fingerprint density at radius 3 is 2.07 bits per heavy atom. The number of alkyl carbamates (subject to hydrolysis) is 1. The standard InChI is InChI=1S/C33H47N3O7S/c1-21-19-23(15-16-26(21)37)27(36(8)29(39)24(17-18-44-9)35-31(41)43-33(5,6)7)28(38)34-25(30(40)42-32(2,3)4)20-22-13-11-10-12-14-22/h10-16,19,24-25,27,37H,17-18,20H2,1-9H3,(H,34,38)(H,35,41). The number of phenols is 1. The van der Waals surface area contributed by atoms with Crippen LogP contribution < -0.4 is 10.6 Å². The number of likely N-dealkylation sites (N-methyl/N-ethyl adjacent to an activating group) is 1. The van der Waals surface area contributed by atoms with E-state index in [0.717, 1.165) is 5.56 Å². The van der Waals surface area contributed by atoms with Crippen molar-refractivity contribution in [3.05, 3.63) is 65.2 Å². The minimum absolute atomic E-state index is 0.0297. The van der Waals surface area contributed by atoms with Gasteiger partial charge in [0.05, 0.1) is 0 Å². The fourth-order valence-corrected chi connectivity index (χ4v) is 4.85. The number of nitrogens with one attached hydrogen (secondary N) is 2. The van der Waals surface area contributed by atoms with Crippen LogP contribution >= 0.6 is 11.8 Å². The van der Waals surface area contributed by atoms with E-state index < -0.39 is 53.2 Å². The van der Waals surface area contributed by atoms with E-state index in [1.54, 1.807) is 60.6 Å². The molecule has 0 aliphatic carbocycles. The summed E-state index contributed by atoms with van der Waals surface area (Å²) in [7, 11) is 1.47. The zero-order valence-electron chi connectivity index (χ0n) is 27.2. The van der Waals surface area contributed by atoms with Crippen molar-refractivity contribution in [1.82, 2.24) is 15.5 Å². The Balaban J connectivity index is 2.49. The molecule has 0 saturated heterocycles. The molecular formula is C33H47N3O7S. The molecular weight excluding hydrogens is 582 g/mol. The van der Waals surface area contributed by atoms with Crippen molar-refractivity contribution < 1.29 is 33.8 Å². The SMILES string of the molecule is CSCCC(NC(=O)OC(C)(C)C)C(=O)N(C)C(C(=O)NC(Cc1ccccc1)C(=O)OC(C)(C)C)c1ccc(O)c(C)c1. The fourth-order valence-electron chi connectivity index (χ4n) is 4.38. The molecule has 3 N–H and O–H groups in total. The maximum absolute atomic E-state index is 14.1. The molecule has 0 spiro atoms. The second-order valence-electron chi connectivity index (χ2n) is 12.7. The largest absolute Gasteiger partial charge is 0.508 e. The molecule has 0 bridgehead atoms. The second kappa shape index (κ2) is 15.8. The number of carbonyl (C=O) groups excluding carboxylic acids is 4. The van der Waals surface area contributed by atoms with E-state index >= 15 is 0 Å². The van der Waals surface area contributed by atoms with Crippen molar-refractivity contribution in [3.63, 3.8) is 0 Å². The fraction of sp³-hybridized carbons (Fsp3) is 0.515. The normalized spacial score (nSPS) is 13.7. The van der Waals surface area contributed by atoms with Gasteiger partial charge in [-0.1, -0.05) is 36.4 Å². The molecule has 3 amide bonds. The molecule has 3 atom stereocenters. The summed E-state index contributed by atoms with van der Waals surface area (Å²) < 4.78 is 11.0. The van der Waals surface area contributed by atoms with E-state index in [9.17, 15) is 24.3 Å². The van der Waals surface area contributed by atoms with Crippen LogP contribution in [0, 0.1) is 6.92 Å². The minimum atomic E-state index is -1.21. The first-order chi connectivity index (χ1) is 20.4. The van der Waals surface area contributed by atoms with Gasteiger partial charge in [-0.05, 0) is 95.7 Å². The average molecular weight is 630 g/mol. The summed E-state index contributed by atoms with van der Waals surface area (Å²) in [6.45, 7) is 12.1. The lowest BCUT2D eigenvalue weighted by Crippen LogP contribution is -2.54. The lowest BCUT2D eigenvalue weighted by atomic mass is 9.99. The number of carbonyl (C=O) groups is 4. The van der Waals surface area contributed by atoms with Gasteiger partial charge in [-0.3, -0.25) is 9.59 Å². The zero-order chi connectivity index (χ0) is 33.2. The third-order valence-corrected chi connectivity index (χ3v) is 7.05. The minimum Gasteiger partial charge on any atom is -0.508 e. The first kappa shape index (κ1) is 36.5. The van der Waals surface area contributed by atoms with E-state index in [1.807, 2.05) is 36.6 Å². The molecule has 2 aromatic rings. The maximum Gasteiger partial charge on any atom is 0.408 e. The van der Waals surface area contributed by atoms with E-state index in [1.165, 1.54) is 29.8 Å². The second-order valence-corrected chi connectivity index (χ2v) is 13.6. The molecule has 0 heterocycles. The molecule has 0 fully saturated rings. The molecule has 0 saturated carbocycles. The molecule has 0 aliphatic rings. The number of aromatic hydroxyl groups is 1. The molecule has 2 rings (SSSR count). The number of aryl methyl sites for hydroxylation is 1. The van der Waals surface area contributed by atoms with Gasteiger partial charge in [0.2, 0.25) is 11.8 Å². The Morgan fingerprint density at radius 2 is 1.52 bits per heavy atom. The van der Waals surface area contributed by atoms with Crippen LogP contribution in [0.15, 0.2) is 48.5 Å². The zero-order valence-corrected chi connectivity index (χ0v) is 28.0. The summed E-state index contributed by atoms with van der Waals surface area (Å²) in [5, 5.41) is 15.7. The van der Waals surface area contributed by atoms with Crippen LogP contribution in [0.5, 0.6) is 5.75 Å². The molecule has 11 heteroatoms. The molecule has 44 heavy (non-hydrogen) atoms. The van der Waals surface area contributed by atoms with Crippen LogP contribution in [0.2, 0.25) is 0 Å². The van der Waals surface area contributed by atoms with Crippen LogP contribution in [0.3, 0.4) is 0 Å². The highest BCUT2D eigenvalue weighted by Gasteiger charge is 2.36. The maximum atomic E-state index is 14.1. The molecule has 242 valence electrons. The van der Waals surface area contributed by atoms with Crippen LogP contribution in [0.25, 0.3) is 0 Å². The molecule has 0 aromatic heterocycles. The summed E-state index contributed by atoms with van der Waals surface area (Å²) >= 11 is 1.51. The van der Waals surface area contributed by atoms with Gasteiger partial charge in [0.15, 0.2) is 0 Å². The molecule has 2 aromatic carbocycles. The Hall–Kier alpha value is -3.73. The number of amides is 3. The topological polar surface area (TPSA) is 134 Å². The van der Waals surface area contributed by atoms with Crippen molar-refractivity contribution in [3.8, 4) is 5.75 Å². The number of phenolic OH excluding ortho intramolecular Hbond substituents is 1. The van der Waals surface area contributed by atoms with Crippen LogP contribution in [-0.4, -0.2) is 76.2 Å². The molecule has 0 aliphatic heterocycles. The highest BCUT2D eigenvalue weighted by atomic mass is 32.2. The average Bonchev–Trinajstić information content (AvgIpc) is 2.91. The predicted octanol–water partition coefficient (Wildman–Crippen LogP) is 4.92. The Bertz CT molecular complexity index is 1290. The van der Waals surface area contributed by atoms with Gasteiger partial charge >= 0.3 is 12.1 Å². The molecule has 0 radical (unpaired) electrons. The molecule has 3 unspecified atom stereocenters. The Kier molecular flexibility index (Phi) is 13.1. The van der Waals surface area contributed by atoms with Crippen LogP contribution in [0.4, 0.5) is 4.79 Å².